The highest BCUT2D eigenvalue weighted by Crippen LogP contribution is 2.29. The molecular weight excluding hydrogens is 380 g/mol. The van der Waals surface area contributed by atoms with Crippen LogP contribution in [0.1, 0.15) is 5.56 Å². The van der Waals surface area contributed by atoms with E-state index in [1.54, 1.807) is 17.4 Å². The van der Waals surface area contributed by atoms with Crippen molar-refractivity contribution in [1.82, 2.24) is 9.88 Å². The molecule has 27 heavy (non-hydrogen) atoms. The van der Waals surface area contributed by atoms with Crippen molar-refractivity contribution in [3.05, 3.63) is 53.1 Å². The molecule has 140 valence electrons. The molecule has 1 aromatic heterocycles. The number of hydrogen-bond donors (Lipinski definition) is 1. The fourth-order valence-electron chi connectivity index (χ4n) is 3.17. The van der Waals surface area contributed by atoms with E-state index < -0.39 is 0 Å². The molecule has 4 rings (SSSR count). The number of carbonyl (C=O) groups is 1. The van der Waals surface area contributed by atoms with E-state index in [-0.39, 0.29) is 5.91 Å². The smallest absolute Gasteiger partial charge is 0.238 e. The molecule has 1 aliphatic heterocycles. The number of aryl methyl sites for hydroxylation is 1. The van der Waals surface area contributed by atoms with Crippen LogP contribution in [0.4, 0.5) is 10.8 Å². The SMILES string of the molecule is Cc1ccc(NC(=O)CN2CCN(c3nc4ccccc4s3)CC2)cc1Cl. The van der Waals surface area contributed by atoms with Crippen LogP contribution in [0.3, 0.4) is 0 Å². The van der Waals surface area contributed by atoms with Gasteiger partial charge in [0.2, 0.25) is 5.91 Å². The van der Waals surface area contributed by atoms with Gasteiger partial charge in [-0.1, -0.05) is 41.1 Å². The molecule has 1 aliphatic rings. The minimum atomic E-state index is -0.0108. The summed E-state index contributed by atoms with van der Waals surface area (Å²) in [5.74, 6) is -0.0108. The summed E-state index contributed by atoms with van der Waals surface area (Å²) >= 11 is 7.85. The molecule has 0 spiro atoms. The predicted molar refractivity (Wildman–Crippen MR) is 113 cm³/mol. The first-order valence-corrected chi connectivity index (χ1v) is 10.2. The fraction of sp³-hybridized carbons (Fsp3) is 0.300. The van der Waals surface area contributed by atoms with Crippen LogP contribution in [0.5, 0.6) is 0 Å². The van der Waals surface area contributed by atoms with E-state index in [4.69, 9.17) is 16.6 Å². The monoisotopic (exact) mass is 400 g/mol. The molecular formula is C20H21ClN4OS. The highest BCUT2D eigenvalue weighted by molar-refractivity contribution is 7.22. The number of halogens is 1. The summed E-state index contributed by atoms with van der Waals surface area (Å²) in [6, 6.07) is 13.8. The lowest BCUT2D eigenvalue weighted by Crippen LogP contribution is -2.48. The van der Waals surface area contributed by atoms with Crippen LogP contribution < -0.4 is 10.2 Å². The number of benzene rings is 2. The van der Waals surface area contributed by atoms with Crippen molar-refractivity contribution in [2.75, 3.05) is 42.9 Å². The van der Waals surface area contributed by atoms with E-state index >= 15 is 0 Å². The number of hydrogen-bond acceptors (Lipinski definition) is 5. The van der Waals surface area contributed by atoms with Crippen LogP contribution in [-0.4, -0.2) is 48.5 Å². The maximum absolute atomic E-state index is 12.3. The molecule has 1 amide bonds. The maximum Gasteiger partial charge on any atom is 0.238 e. The molecule has 2 heterocycles. The van der Waals surface area contributed by atoms with E-state index in [2.05, 4.69) is 21.2 Å². The van der Waals surface area contributed by atoms with Crippen molar-refractivity contribution in [3.8, 4) is 0 Å². The van der Waals surface area contributed by atoms with Crippen molar-refractivity contribution in [1.29, 1.82) is 0 Å². The lowest BCUT2D eigenvalue weighted by atomic mass is 10.2. The molecule has 5 nitrogen and oxygen atoms in total. The quantitative estimate of drug-likeness (QED) is 0.718. The number of nitrogens with one attached hydrogen (secondary N) is 1. The molecule has 0 atom stereocenters. The second-order valence-electron chi connectivity index (χ2n) is 6.74. The summed E-state index contributed by atoms with van der Waals surface area (Å²) < 4.78 is 1.21. The van der Waals surface area contributed by atoms with Gasteiger partial charge in [-0.15, -0.1) is 0 Å². The van der Waals surface area contributed by atoms with Gasteiger partial charge >= 0.3 is 0 Å². The third-order valence-corrected chi connectivity index (χ3v) is 6.25. The van der Waals surface area contributed by atoms with Gasteiger partial charge in [-0.2, -0.15) is 0 Å². The minimum absolute atomic E-state index is 0.0108. The number of nitrogens with zero attached hydrogens (tertiary/aromatic N) is 3. The van der Waals surface area contributed by atoms with Crippen molar-refractivity contribution < 1.29 is 4.79 Å². The number of carbonyl (C=O) groups excluding carboxylic acids is 1. The number of fused-ring (bicyclic) bond motifs is 1. The number of rotatable bonds is 4. The van der Waals surface area contributed by atoms with Gasteiger partial charge in [0.1, 0.15) is 0 Å². The lowest BCUT2D eigenvalue weighted by Gasteiger charge is -2.34. The van der Waals surface area contributed by atoms with Gasteiger partial charge in [-0.3, -0.25) is 9.69 Å². The van der Waals surface area contributed by atoms with Crippen LogP contribution in [0.2, 0.25) is 5.02 Å². The Morgan fingerprint density at radius 1 is 1.19 bits per heavy atom. The van der Waals surface area contributed by atoms with Crippen molar-refractivity contribution in [2.24, 2.45) is 0 Å². The molecule has 1 saturated heterocycles. The second-order valence-corrected chi connectivity index (χ2v) is 8.16. The van der Waals surface area contributed by atoms with Crippen molar-refractivity contribution in [3.63, 3.8) is 0 Å². The highest BCUT2D eigenvalue weighted by atomic mass is 35.5. The van der Waals surface area contributed by atoms with Gasteiger partial charge < -0.3 is 10.2 Å². The molecule has 0 bridgehead atoms. The Balaban J connectivity index is 1.31. The van der Waals surface area contributed by atoms with Gasteiger partial charge in [0.15, 0.2) is 5.13 Å². The molecule has 2 aromatic carbocycles. The first kappa shape index (κ1) is 18.2. The van der Waals surface area contributed by atoms with Crippen LogP contribution >= 0.6 is 22.9 Å². The Hall–Kier alpha value is -2.15. The molecule has 0 aliphatic carbocycles. The molecule has 0 unspecified atom stereocenters. The number of amides is 1. The van der Waals surface area contributed by atoms with E-state index in [1.807, 2.05) is 37.3 Å². The number of para-hydroxylation sites is 1. The van der Waals surface area contributed by atoms with E-state index in [0.29, 0.717) is 11.6 Å². The summed E-state index contributed by atoms with van der Waals surface area (Å²) in [6.45, 7) is 5.78. The Morgan fingerprint density at radius 2 is 1.96 bits per heavy atom. The standard InChI is InChI=1S/C20H21ClN4OS/c1-14-6-7-15(12-16(14)21)22-19(26)13-24-8-10-25(11-9-24)20-23-17-4-2-3-5-18(17)27-20/h2-7,12H,8-11,13H2,1H3,(H,22,26). The van der Waals surface area contributed by atoms with E-state index in [0.717, 1.165) is 48.1 Å². The summed E-state index contributed by atoms with van der Waals surface area (Å²) in [5, 5.41) is 4.66. The fourth-order valence-corrected chi connectivity index (χ4v) is 4.36. The second kappa shape index (κ2) is 7.84. The Bertz CT molecular complexity index is 933. The van der Waals surface area contributed by atoms with E-state index in [9.17, 15) is 4.79 Å². The third kappa shape index (κ3) is 4.24. The van der Waals surface area contributed by atoms with E-state index in [1.165, 1.54) is 4.70 Å². The maximum atomic E-state index is 12.3. The zero-order chi connectivity index (χ0) is 18.8. The molecule has 0 saturated carbocycles. The van der Waals surface area contributed by atoms with Crippen molar-refractivity contribution >= 4 is 49.9 Å². The predicted octanol–water partition coefficient (Wildman–Crippen LogP) is 4.02. The number of thiazole rings is 1. The Labute approximate surface area is 167 Å². The van der Waals surface area contributed by atoms with Crippen molar-refractivity contribution in [2.45, 2.75) is 6.92 Å². The topological polar surface area (TPSA) is 48.5 Å². The van der Waals surface area contributed by atoms with Gasteiger partial charge in [0.25, 0.3) is 0 Å². The van der Waals surface area contributed by atoms with Crippen LogP contribution in [0, 0.1) is 6.92 Å². The van der Waals surface area contributed by atoms with Gasteiger partial charge in [-0.05, 0) is 36.8 Å². The van der Waals surface area contributed by atoms with Gasteiger partial charge in [0, 0.05) is 36.9 Å². The average molecular weight is 401 g/mol. The minimum Gasteiger partial charge on any atom is -0.345 e. The first-order valence-electron chi connectivity index (χ1n) is 8.97. The molecule has 3 aromatic rings. The zero-order valence-corrected chi connectivity index (χ0v) is 16.7. The largest absolute Gasteiger partial charge is 0.345 e. The Kier molecular flexibility index (Phi) is 5.29. The first-order chi connectivity index (χ1) is 13.1. The summed E-state index contributed by atoms with van der Waals surface area (Å²) in [4.78, 5) is 21.5. The van der Waals surface area contributed by atoms with Gasteiger partial charge in [-0.25, -0.2) is 4.98 Å². The van der Waals surface area contributed by atoms with Crippen LogP contribution in [-0.2, 0) is 4.79 Å². The van der Waals surface area contributed by atoms with Crippen LogP contribution in [0.25, 0.3) is 10.2 Å². The number of aromatic nitrogens is 1. The summed E-state index contributed by atoms with van der Waals surface area (Å²) in [5.41, 5.74) is 2.79. The third-order valence-electron chi connectivity index (χ3n) is 4.75. The normalized spacial score (nSPS) is 15.3. The molecule has 1 N–H and O–H groups in total. The Morgan fingerprint density at radius 3 is 2.70 bits per heavy atom. The molecule has 1 fully saturated rings. The summed E-state index contributed by atoms with van der Waals surface area (Å²) in [6.07, 6.45) is 0. The average Bonchev–Trinajstić information content (AvgIpc) is 3.09. The number of anilines is 2. The number of piperazine rings is 1. The molecule has 0 radical (unpaired) electrons. The van der Waals surface area contributed by atoms with Crippen LogP contribution in [0.15, 0.2) is 42.5 Å². The highest BCUT2D eigenvalue weighted by Gasteiger charge is 2.21. The summed E-state index contributed by atoms with van der Waals surface area (Å²) in [7, 11) is 0. The molecule has 7 heteroatoms. The zero-order valence-electron chi connectivity index (χ0n) is 15.1. The van der Waals surface area contributed by atoms with Gasteiger partial charge in [0.05, 0.1) is 16.8 Å². The lowest BCUT2D eigenvalue weighted by molar-refractivity contribution is -0.117.